The number of pyridine rings is 1. The van der Waals surface area contributed by atoms with Gasteiger partial charge in [0.1, 0.15) is 5.65 Å². The highest BCUT2D eigenvalue weighted by atomic mass is 15.1. The van der Waals surface area contributed by atoms with Crippen molar-refractivity contribution in [3.05, 3.63) is 54.2 Å². The molecule has 1 fully saturated rings. The molecule has 1 aliphatic heterocycles. The van der Waals surface area contributed by atoms with Crippen molar-refractivity contribution in [3.8, 4) is 11.3 Å². The molecule has 0 bridgehead atoms. The van der Waals surface area contributed by atoms with Crippen LogP contribution in [0.5, 0.6) is 0 Å². The minimum absolute atomic E-state index is 0.954. The summed E-state index contributed by atoms with van der Waals surface area (Å²) in [4.78, 5) is 10.4. The lowest BCUT2D eigenvalue weighted by Crippen LogP contribution is -2.28. The van der Waals surface area contributed by atoms with Gasteiger partial charge in [-0.3, -0.25) is 4.90 Å². The van der Waals surface area contributed by atoms with Crippen molar-refractivity contribution >= 4 is 11.0 Å². The smallest absolute Gasteiger partial charge is 0.137 e. The number of aromatic nitrogens is 2. The summed E-state index contributed by atoms with van der Waals surface area (Å²) < 4.78 is 0. The molecular weight excluding hydrogens is 270 g/mol. The Morgan fingerprint density at radius 2 is 1.73 bits per heavy atom. The number of fused-ring (bicyclic) bond motifs is 1. The Labute approximate surface area is 131 Å². The molecule has 1 aromatic carbocycles. The third-order valence-corrected chi connectivity index (χ3v) is 4.51. The predicted molar refractivity (Wildman–Crippen MR) is 90.7 cm³/mol. The van der Waals surface area contributed by atoms with Crippen molar-refractivity contribution in [1.82, 2.24) is 14.9 Å². The second kappa shape index (κ2) is 5.93. The number of hydrogen-bond acceptors (Lipinski definition) is 2. The summed E-state index contributed by atoms with van der Waals surface area (Å²) in [7, 11) is 0. The molecule has 3 nitrogen and oxygen atoms in total. The topological polar surface area (TPSA) is 31.9 Å². The van der Waals surface area contributed by atoms with Gasteiger partial charge in [0.25, 0.3) is 0 Å². The first kappa shape index (κ1) is 13.5. The second-order valence-corrected chi connectivity index (χ2v) is 6.15. The lowest BCUT2D eigenvalue weighted by molar-refractivity contribution is 0.221. The van der Waals surface area contributed by atoms with Crippen molar-refractivity contribution in [2.24, 2.45) is 0 Å². The molecule has 0 amide bonds. The Morgan fingerprint density at radius 3 is 2.55 bits per heavy atom. The molecule has 3 aromatic rings. The highest BCUT2D eigenvalue weighted by Crippen LogP contribution is 2.21. The molecule has 0 spiro atoms. The Hall–Kier alpha value is -2.13. The van der Waals surface area contributed by atoms with Crippen molar-refractivity contribution in [1.29, 1.82) is 0 Å². The quantitative estimate of drug-likeness (QED) is 0.783. The molecule has 2 aromatic heterocycles. The number of rotatable bonds is 3. The van der Waals surface area contributed by atoms with E-state index in [1.54, 1.807) is 0 Å². The van der Waals surface area contributed by atoms with Gasteiger partial charge in [0.15, 0.2) is 0 Å². The van der Waals surface area contributed by atoms with Crippen LogP contribution in [-0.4, -0.2) is 28.0 Å². The molecule has 0 radical (unpaired) electrons. The highest BCUT2D eigenvalue weighted by molar-refractivity contribution is 5.78. The standard InChI is InChI=1S/C19H21N3/c1-2-12-22(13-3-1)14-15-4-6-16(7-5-15)18-9-8-17-10-11-20-19(17)21-18/h4-11H,1-3,12-14H2,(H,20,21). The van der Waals surface area contributed by atoms with Gasteiger partial charge < -0.3 is 4.98 Å². The molecule has 0 aliphatic carbocycles. The minimum Gasteiger partial charge on any atom is -0.346 e. The number of nitrogens with one attached hydrogen (secondary N) is 1. The maximum Gasteiger partial charge on any atom is 0.137 e. The Balaban J connectivity index is 1.53. The SMILES string of the molecule is c1cc2ccc(-c3ccc(CN4CCCCC4)cc3)nc2[nH]1. The molecule has 1 N–H and O–H groups in total. The number of hydrogen-bond donors (Lipinski definition) is 1. The van der Waals surface area contributed by atoms with E-state index in [0.29, 0.717) is 0 Å². The van der Waals surface area contributed by atoms with Gasteiger partial charge in [0, 0.05) is 23.7 Å². The zero-order valence-corrected chi connectivity index (χ0v) is 12.8. The van der Waals surface area contributed by atoms with Crippen molar-refractivity contribution in [2.45, 2.75) is 25.8 Å². The lowest BCUT2D eigenvalue weighted by atomic mass is 10.1. The van der Waals surface area contributed by atoms with Crippen LogP contribution in [0, 0.1) is 0 Å². The van der Waals surface area contributed by atoms with E-state index in [2.05, 4.69) is 51.3 Å². The van der Waals surface area contributed by atoms with Gasteiger partial charge in [0.05, 0.1) is 5.69 Å². The van der Waals surface area contributed by atoms with Crippen LogP contribution < -0.4 is 0 Å². The number of likely N-dealkylation sites (tertiary alicyclic amines) is 1. The normalized spacial score (nSPS) is 16.2. The van der Waals surface area contributed by atoms with Gasteiger partial charge in [-0.1, -0.05) is 30.7 Å². The molecule has 3 heterocycles. The first-order chi connectivity index (χ1) is 10.9. The molecule has 1 saturated heterocycles. The van der Waals surface area contributed by atoms with Gasteiger partial charge in [-0.15, -0.1) is 0 Å². The fourth-order valence-electron chi connectivity index (χ4n) is 3.25. The Morgan fingerprint density at radius 1 is 0.909 bits per heavy atom. The van der Waals surface area contributed by atoms with Crippen LogP contribution >= 0.6 is 0 Å². The molecule has 0 unspecified atom stereocenters. The Bertz CT molecular complexity index is 752. The van der Waals surface area contributed by atoms with Crippen LogP contribution in [0.25, 0.3) is 22.3 Å². The van der Waals surface area contributed by atoms with Crippen molar-refractivity contribution in [2.75, 3.05) is 13.1 Å². The first-order valence-electron chi connectivity index (χ1n) is 8.14. The number of benzene rings is 1. The fourth-order valence-corrected chi connectivity index (χ4v) is 3.25. The third-order valence-electron chi connectivity index (χ3n) is 4.51. The van der Waals surface area contributed by atoms with Crippen LogP contribution in [0.4, 0.5) is 0 Å². The maximum atomic E-state index is 4.68. The van der Waals surface area contributed by atoms with E-state index in [0.717, 1.165) is 23.3 Å². The number of aromatic amines is 1. The van der Waals surface area contributed by atoms with E-state index in [-0.39, 0.29) is 0 Å². The number of piperidine rings is 1. The average molecular weight is 291 g/mol. The summed E-state index contributed by atoms with van der Waals surface area (Å²) in [6.45, 7) is 3.56. The lowest BCUT2D eigenvalue weighted by Gasteiger charge is -2.26. The second-order valence-electron chi connectivity index (χ2n) is 6.15. The summed E-state index contributed by atoms with van der Waals surface area (Å²) in [5, 5.41) is 1.16. The van der Waals surface area contributed by atoms with Crippen LogP contribution in [-0.2, 0) is 6.54 Å². The molecule has 3 heteroatoms. The van der Waals surface area contributed by atoms with Crippen LogP contribution in [0.2, 0.25) is 0 Å². The zero-order valence-electron chi connectivity index (χ0n) is 12.8. The van der Waals surface area contributed by atoms with Crippen molar-refractivity contribution in [3.63, 3.8) is 0 Å². The number of H-pyrrole nitrogens is 1. The monoisotopic (exact) mass is 291 g/mol. The maximum absolute atomic E-state index is 4.68. The molecular formula is C19H21N3. The summed E-state index contributed by atoms with van der Waals surface area (Å²) in [6, 6.07) is 15.1. The largest absolute Gasteiger partial charge is 0.346 e. The summed E-state index contributed by atoms with van der Waals surface area (Å²) in [5.74, 6) is 0. The van der Waals surface area contributed by atoms with E-state index in [4.69, 9.17) is 0 Å². The van der Waals surface area contributed by atoms with Crippen molar-refractivity contribution < 1.29 is 0 Å². The van der Waals surface area contributed by atoms with Gasteiger partial charge in [-0.25, -0.2) is 4.98 Å². The molecule has 0 saturated carbocycles. The summed E-state index contributed by atoms with van der Waals surface area (Å²) in [6.07, 6.45) is 6.02. The predicted octanol–water partition coefficient (Wildman–Crippen LogP) is 4.22. The average Bonchev–Trinajstić information content (AvgIpc) is 3.04. The van der Waals surface area contributed by atoms with Crippen LogP contribution in [0.3, 0.4) is 0 Å². The molecule has 0 atom stereocenters. The van der Waals surface area contributed by atoms with E-state index < -0.39 is 0 Å². The molecule has 1 aliphatic rings. The molecule has 112 valence electrons. The summed E-state index contributed by atoms with van der Waals surface area (Å²) >= 11 is 0. The minimum atomic E-state index is 0.954. The van der Waals surface area contributed by atoms with Gasteiger partial charge in [-0.05, 0) is 49.7 Å². The fraction of sp³-hybridized carbons (Fsp3) is 0.316. The van der Waals surface area contributed by atoms with E-state index in [9.17, 15) is 0 Å². The zero-order chi connectivity index (χ0) is 14.8. The van der Waals surface area contributed by atoms with Gasteiger partial charge in [-0.2, -0.15) is 0 Å². The van der Waals surface area contributed by atoms with Crippen LogP contribution in [0.1, 0.15) is 24.8 Å². The Kier molecular flexibility index (Phi) is 3.65. The first-order valence-corrected chi connectivity index (χ1v) is 8.14. The van der Waals surface area contributed by atoms with E-state index >= 15 is 0 Å². The highest BCUT2D eigenvalue weighted by Gasteiger charge is 2.10. The van der Waals surface area contributed by atoms with Gasteiger partial charge >= 0.3 is 0 Å². The molecule has 4 rings (SSSR count). The van der Waals surface area contributed by atoms with Gasteiger partial charge in [0.2, 0.25) is 0 Å². The van der Waals surface area contributed by atoms with E-state index in [1.807, 2.05) is 12.3 Å². The van der Waals surface area contributed by atoms with Crippen LogP contribution in [0.15, 0.2) is 48.7 Å². The number of nitrogens with zero attached hydrogens (tertiary/aromatic N) is 2. The third kappa shape index (κ3) is 2.77. The van der Waals surface area contributed by atoms with E-state index in [1.165, 1.54) is 43.5 Å². The molecule has 22 heavy (non-hydrogen) atoms. The summed E-state index contributed by atoms with van der Waals surface area (Å²) in [5.41, 5.74) is 4.56.